The summed E-state index contributed by atoms with van der Waals surface area (Å²) in [6, 6.07) is 1.02. The number of aromatic nitrogens is 3. The van der Waals surface area contributed by atoms with Crippen LogP contribution in [0.25, 0.3) is 0 Å². The zero-order chi connectivity index (χ0) is 22.4. The SMILES string of the molecule is O=C(NCCCn1ccnc1)Nc1snc(OCc2cc(F)c(Cl)cc2F)c1C(=O)O. The smallest absolute Gasteiger partial charge is 0.344 e. The Labute approximate surface area is 183 Å². The van der Waals surface area contributed by atoms with Gasteiger partial charge in [0, 0.05) is 31.0 Å². The molecule has 164 valence electrons. The van der Waals surface area contributed by atoms with E-state index in [1.165, 1.54) is 0 Å². The van der Waals surface area contributed by atoms with Crippen molar-refractivity contribution in [1.29, 1.82) is 0 Å². The van der Waals surface area contributed by atoms with Gasteiger partial charge in [0.2, 0.25) is 5.88 Å². The zero-order valence-electron chi connectivity index (χ0n) is 15.8. The number of urea groups is 1. The summed E-state index contributed by atoms with van der Waals surface area (Å²) in [4.78, 5) is 27.6. The molecule has 3 aromatic rings. The Bertz CT molecular complexity index is 1080. The molecule has 9 nitrogen and oxygen atoms in total. The highest BCUT2D eigenvalue weighted by molar-refractivity contribution is 7.11. The third kappa shape index (κ3) is 5.89. The van der Waals surface area contributed by atoms with Crippen molar-refractivity contribution >= 4 is 40.1 Å². The van der Waals surface area contributed by atoms with Gasteiger partial charge in [-0.05, 0) is 30.1 Å². The molecule has 0 atom stereocenters. The third-order valence-corrected chi connectivity index (χ3v) is 5.03. The Morgan fingerprint density at radius 1 is 1.29 bits per heavy atom. The van der Waals surface area contributed by atoms with Gasteiger partial charge in [-0.2, -0.15) is 4.37 Å². The molecular weight excluding hydrogens is 456 g/mol. The monoisotopic (exact) mass is 471 g/mol. The summed E-state index contributed by atoms with van der Waals surface area (Å²) in [5.41, 5.74) is -0.565. The molecule has 0 saturated carbocycles. The van der Waals surface area contributed by atoms with Gasteiger partial charge in [0.15, 0.2) is 5.56 Å². The number of nitrogens with one attached hydrogen (secondary N) is 2. The van der Waals surface area contributed by atoms with Crippen molar-refractivity contribution < 1.29 is 28.2 Å². The van der Waals surface area contributed by atoms with Crippen LogP contribution in [0.2, 0.25) is 5.02 Å². The van der Waals surface area contributed by atoms with E-state index in [2.05, 4.69) is 20.0 Å². The van der Waals surface area contributed by atoms with E-state index < -0.39 is 35.8 Å². The lowest BCUT2D eigenvalue weighted by molar-refractivity contribution is 0.0693. The normalized spacial score (nSPS) is 10.7. The number of aromatic carboxylic acids is 1. The Hall–Kier alpha value is -3.25. The van der Waals surface area contributed by atoms with Crippen LogP contribution in [0.1, 0.15) is 22.3 Å². The number of aryl methyl sites for hydroxylation is 1. The number of nitrogens with zero attached hydrogens (tertiary/aromatic N) is 3. The highest BCUT2D eigenvalue weighted by Gasteiger charge is 2.24. The van der Waals surface area contributed by atoms with Crippen molar-refractivity contribution in [2.45, 2.75) is 19.6 Å². The molecule has 3 rings (SSSR count). The van der Waals surface area contributed by atoms with E-state index in [-0.39, 0.29) is 21.5 Å². The molecule has 3 N–H and O–H groups in total. The number of hydrogen-bond acceptors (Lipinski definition) is 6. The number of amides is 2. The number of benzene rings is 1. The fourth-order valence-electron chi connectivity index (χ4n) is 2.50. The molecule has 1 aromatic carbocycles. The second kappa shape index (κ2) is 10.2. The van der Waals surface area contributed by atoms with E-state index >= 15 is 0 Å². The quantitative estimate of drug-likeness (QED) is 0.323. The summed E-state index contributed by atoms with van der Waals surface area (Å²) < 4.78 is 38.3. The molecule has 0 aliphatic carbocycles. The van der Waals surface area contributed by atoms with Gasteiger partial charge in [-0.15, -0.1) is 0 Å². The van der Waals surface area contributed by atoms with Gasteiger partial charge < -0.3 is 19.7 Å². The maximum atomic E-state index is 13.9. The average molecular weight is 472 g/mol. The number of anilines is 1. The molecule has 0 aliphatic rings. The molecule has 2 amide bonds. The largest absolute Gasteiger partial charge is 0.477 e. The predicted molar refractivity (Wildman–Crippen MR) is 109 cm³/mol. The molecular formula is C18H16ClF2N5O4S. The van der Waals surface area contributed by atoms with Crippen LogP contribution in [0.4, 0.5) is 18.6 Å². The lowest BCUT2D eigenvalue weighted by Gasteiger charge is -2.08. The number of halogens is 3. The molecule has 0 fully saturated rings. The van der Waals surface area contributed by atoms with Crippen molar-refractivity contribution in [3.63, 3.8) is 0 Å². The van der Waals surface area contributed by atoms with Crippen LogP contribution in [0.15, 0.2) is 30.9 Å². The summed E-state index contributed by atoms with van der Waals surface area (Å²) in [7, 11) is 0. The predicted octanol–water partition coefficient (Wildman–Crippen LogP) is 3.76. The zero-order valence-corrected chi connectivity index (χ0v) is 17.3. The molecule has 0 unspecified atom stereocenters. The van der Waals surface area contributed by atoms with E-state index in [4.69, 9.17) is 16.3 Å². The van der Waals surface area contributed by atoms with Crippen LogP contribution >= 0.6 is 23.1 Å². The van der Waals surface area contributed by atoms with Crippen LogP contribution in [-0.4, -0.2) is 37.6 Å². The van der Waals surface area contributed by atoms with Crippen LogP contribution in [0, 0.1) is 11.6 Å². The van der Waals surface area contributed by atoms with E-state index in [0.29, 0.717) is 31.0 Å². The van der Waals surface area contributed by atoms with Crippen molar-refractivity contribution in [2.75, 3.05) is 11.9 Å². The first-order valence-electron chi connectivity index (χ1n) is 8.85. The molecule has 13 heteroatoms. The minimum Gasteiger partial charge on any atom is -0.477 e. The fourth-order valence-corrected chi connectivity index (χ4v) is 3.37. The minimum atomic E-state index is -1.40. The van der Waals surface area contributed by atoms with Crippen LogP contribution in [0.3, 0.4) is 0 Å². The van der Waals surface area contributed by atoms with Crippen LogP contribution in [-0.2, 0) is 13.2 Å². The Balaban J connectivity index is 1.58. The molecule has 0 saturated heterocycles. The standard InChI is InChI=1S/C18H16ClF2N5O4S/c19-11-7-12(20)10(6-13(11)21)8-30-15-14(17(27)28)16(31-25-15)24-18(29)23-2-1-4-26-5-3-22-9-26/h3,5-7,9H,1-2,4,8H2,(H,27,28)(H2,23,24,29). The van der Waals surface area contributed by atoms with Gasteiger partial charge in [-0.3, -0.25) is 5.32 Å². The van der Waals surface area contributed by atoms with Crippen LogP contribution in [0.5, 0.6) is 5.88 Å². The highest BCUT2D eigenvalue weighted by Crippen LogP contribution is 2.31. The van der Waals surface area contributed by atoms with Crippen LogP contribution < -0.4 is 15.4 Å². The topological polar surface area (TPSA) is 118 Å². The van der Waals surface area contributed by atoms with Gasteiger partial charge in [0.1, 0.15) is 23.2 Å². The molecule has 2 heterocycles. The molecule has 0 spiro atoms. The molecule has 31 heavy (non-hydrogen) atoms. The number of carbonyl (C=O) groups is 2. The summed E-state index contributed by atoms with van der Waals surface area (Å²) in [5.74, 6) is -3.39. The molecule has 0 bridgehead atoms. The maximum Gasteiger partial charge on any atom is 0.344 e. The summed E-state index contributed by atoms with van der Waals surface area (Å²) >= 11 is 6.18. The molecule has 2 aromatic heterocycles. The maximum absolute atomic E-state index is 13.9. The first-order chi connectivity index (χ1) is 14.8. The Morgan fingerprint density at radius 3 is 2.81 bits per heavy atom. The number of carboxylic acid groups (broad SMARTS) is 1. The highest BCUT2D eigenvalue weighted by atomic mass is 35.5. The minimum absolute atomic E-state index is 0.0580. The van der Waals surface area contributed by atoms with E-state index in [1.54, 1.807) is 18.7 Å². The van der Waals surface area contributed by atoms with Crippen molar-refractivity contribution in [3.05, 3.63) is 58.6 Å². The lowest BCUT2D eigenvalue weighted by atomic mass is 10.2. The number of imidazole rings is 1. The van der Waals surface area contributed by atoms with Gasteiger partial charge in [-0.1, -0.05) is 11.6 Å². The fraction of sp³-hybridized carbons (Fsp3) is 0.222. The van der Waals surface area contributed by atoms with Gasteiger partial charge in [0.05, 0.1) is 11.3 Å². The summed E-state index contributed by atoms with van der Waals surface area (Å²) in [5, 5.41) is 14.0. The van der Waals surface area contributed by atoms with Crippen molar-refractivity contribution in [1.82, 2.24) is 19.2 Å². The molecule has 0 radical (unpaired) electrons. The second-order valence-corrected chi connectivity index (χ2v) is 7.36. The van der Waals surface area contributed by atoms with Gasteiger partial charge in [0.25, 0.3) is 0 Å². The van der Waals surface area contributed by atoms with Gasteiger partial charge >= 0.3 is 12.0 Å². The Kier molecular flexibility index (Phi) is 7.36. The number of carbonyl (C=O) groups excluding carboxylic acids is 1. The second-order valence-electron chi connectivity index (χ2n) is 6.18. The first kappa shape index (κ1) is 22.4. The number of carboxylic acids is 1. The van der Waals surface area contributed by atoms with E-state index in [1.807, 2.05) is 4.57 Å². The first-order valence-corrected chi connectivity index (χ1v) is 10.00. The van der Waals surface area contributed by atoms with Gasteiger partial charge in [-0.25, -0.2) is 23.4 Å². The van der Waals surface area contributed by atoms with E-state index in [9.17, 15) is 23.5 Å². The number of ether oxygens (including phenoxy) is 1. The average Bonchev–Trinajstić information content (AvgIpc) is 3.37. The summed E-state index contributed by atoms with van der Waals surface area (Å²) in [6.45, 7) is 0.515. The van der Waals surface area contributed by atoms with E-state index in [0.717, 1.165) is 12.1 Å². The number of rotatable bonds is 9. The molecule has 0 aliphatic heterocycles. The van der Waals surface area contributed by atoms with Crippen molar-refractivity contribution in [3.8, 4) is 5.88 Å². The van der Waals surface area contributed by atoms with Crippen molar-refractivity contribution in [2.24, 2.45) is 0 Å². The summed E-state index contributed by atoms with van der Waals surface area (Å²) in [6.07, 6.45) is 5.73. The lowest BCUT2D eigenvalue weighted by Crippen LogP contribution is -2.30. The Morgan fingerprint density at radius 2 is 2.10 bits per heavy atom. The third-order valence-electron chi connectivity index (χ3n) is 3.99. The number of hydrogen-bond donors (Lipinski definition) is 3.